The van der Waals surface area contributed by atoms with Gasteiger partial charge in [-0.2, -0.15) is 4.98 Å². The van der Waals surface area contributed by atoms with Crippen LogP contribution in [0.3, 0.4) is 0 Å². The lowest BCUT2D eigenvalue weighted by Crippen LogP contribution is -1.96. The van der Waals surface area contributed by atoms with Gasteiger partial charge in [-0.15, -0.1) is 0 Å². The fourth-order valence-electron chi connectivity index (χ4n) is 0.445. The Hall–Kier alpha value is -0.990. The third-order valence-corrected chi connectivity index (χ3v) is 0.739. The number of hydrogen-bond acceptors (Lipinski definition) is 3. The summed E-state index contributed by atoms with van der Waals surface area (Å²) >= 11 is 0. The summed E-state index contributed by atoms with van der Waals surface area (Å²) in [4.78, 5) is 3.78. The minimum absolute atomic E-state index is 0.630. The summed E-state index contributed by atoms with van der Waals surface area (Å²) in [5.41, 5.74) is 0. The van der Waals surface area contributed by atoms with E-state index in [1.807, 2.05) is 0 Å². The van der Waals surface area contributed by atoms with Gasteiger partial charge >= 0.3 is 6.01 Å². The second-order valence-electron chi connectivity index (χ2n) is 1.16. The maximum absolute atomic E-state index is 4.70. The molecular weight excluding hydrogens is 80.0 g/mol. The molecule has 3 heterocycles. The Morgan fingerprint density at radius 3 is 2.83 bits per heavy atom. The highest BCUT2D eigenvalue weighted by Gasteiger charge is 2.12. The number of oxazole rings is 1. The molecule has 2 aliphatic heterocycles. The summed E-state index contributed by atoms with van der Waals surface area (Å²) in [6, 6.07) is 0.630. The summed E-state index contributed by atoms with van der Waals surface area (Å²) in [7, 11) is 0. The van der Waals surface area contributed by atoms with Crippen LogP contribution in [0, 0.1) is 0 Å². The molecule has 0 fully saturated rings. The summed E-state index contributed by atoms with van der Waals surface area (Å²) in [6.45, 7) is 0. The van der Waals surface area contributed by atoms with Gasteiger partial charge < -0.3 is 4.42 Å². The van der Waals surface area contributed by atoms with E-state index in [0.29, 0.717) is 6.01 Å². The minimum Gasteiger partial charge on any atom is -0.430 e. The van der Waals surface area contributed by atoms with Crippen molar-refractivity contribution >= 4 is 11.8 Å². The van der Waals surface area contributed by atoms with Crippen molar-refractivity contribution in [3.05, 3.63) is 6.26 Å². The molecule has 3 nitrogen and oxygen atoms in total. The van der Waals surface area contributed by atoms with Crippen LogP contribution >= 0.6 is 0 Å². The van der Waals surface area contributed by atoms with Crippen molar-refractivity contribution in [3.63, 3.8) is 0 Å². The van der Waals surface area contributed by atoms with E-state index in [9.17, 15) is 0 Å². The molecule has 3 rings (SSSR count). The molecule has 0 saturated heterocycles. The summed E-state index contributed by atoms with van der Waals surface area (Å²) in [5, 5.41) is 2.81. The fraction of sp³-hybridized carbons (Fsp3) is 0. The smallest absolute Gasteiger partial charge is 0.302 e. The molecule has 6 heavy (non-hydrogen) atoms. The van der Waals surface area contributed by atoms with Crippen LogP contribution in [0.1, 0.15) is 0 Å². The van der Waals surface area contributed by atoms with Gasteiger partial charge in [0.2, 0.25) is 0 Å². The number of aromatic nitrogens is 1. The Morgan fingerprint density at radius 1 is 1.83 bits per heavy atom. The van der Waals surface area contributed by atoms with Crippen LogP contribution in [0.4, 0.5) is 11.8 Å². The van der Waals surface area contributed by atoms with Gasteiger partial charge in [0.1, 0.15) is 6.26 Å². The number of hydrogen-bond donors (Lipinski definition) is 1. The standard InChI is InChI=1S/C3H2N2O/c1-2-4-3(5-2)6-1/h1H,(H,4,5). The molecule has 0 aliphatic carbocycles. The molecule has 1 N–H and O–H groups in total. The Labute approximate surface area is 34.0 Å². The first-order chi connectivity index (χ1) is 2.95. The number of anilines is 2. The predicted octanol–water partition coefficient (Wildman–Crippen LogP) is 0.732. The molecule has 0 radical (unpaired) electrons. The van der Waals surface area contributed by atoms with Gasteiger partial charge in [-0.05, 0) is 0 Å². The van der Waals surface area contributed by atoms with Crippen molar-refractivity contribution in [1.29, 1.82) is 0 Å². The Balaban J connectivity index is 2.95. The maximum Gasteiger partial charge on any atom is 0.302 e. The van der Waals surface area contributed by atoms with Crippen molar-refractivity contribution in [1.82, 2.24) is 4.98 Å². The number of nitrogens with zero attached hydrogens (tertiary/aromatic N) is 1. The predicted molar refractivity (Wildman–Crippen MR) is 19.8 cm³/mol. The molecule has 3 heteroatoms. The Bertz CT molecular complexity index is 145. The van der Waals surface area contributed by atoms with Crippen molar-refractivity contribution in [3.8, 4) is 0 Å². The van der Waals surface area contributed by atoms with Gasteiger partial charge in [-0.25, -0.2) is 0 Å². The van der Waals surface area contributed by atoms with Crippen LogP contribution in [0.25, 0.3) is 0 Å². The third-order valence-electron chi connectivity index (χ3n) is 0.739. The molecule has 2 aliphatic rings. The number of rotatable bonds is 0. The van der Waals surface area contributed by atoms with Gasteiger partial charge in [0, 0.05) is 0 Å². The molecule has 0 atom stereocenters. The molecule has 2 bridgehead atoms. The molecule has 0 spiro atoms. The lowest BCUT2D eigenvalue weighted by molar-refractivity contribution is 0.588. The van der Waals surface area contributed by atoms with Gasteiger partial charge in [-0.3, -0.25) is 5.32 Å². The molecule has 0 aromatic carbocycles. The van der Waals surface area contributed by atoms with Gasteiger partial charge in [-0.1, -0.05) is 0 Å². The van der Waals surface area contributed by atoms with Crippen LogP contribution in [0.2, 0.25) is 0 Å². The van der Waals surface area contributed by atoms with E-state index in [-0.39, 0.29) is 0 Å². The highest BCUT2D eigenvalue weighted by Crippen LogP contribution is 2.24. The zero-order valence-electron chi connectivity index (χ0n) is 2.93. The van der Waals surface area contributed by atoms with Crippen LogP contribution in [0.15, 0.2) is 10.7 Å². The van der Waals surface area contributed by atoms with E-state index in [4.69, 9.17) is 4.42 Å². The topological polar surface area (TPSA) is 38.1 Å². The van der Waals surface area contributed by atoms with Crippen LogP contribution in [-0.2, 0) is 0 Å². The van der Waals surface area contributed by atoms with E-state index in [1.165, 1.54) is 0 Å². The summed E-state index contributed by atoms with van der Waals surface area (Å²) < 4.78 is 4.70. The number of fused-ring (bicyclic) bond motifs is 1. The Morgan fingerprint density at radius 2 is 2.67 bits per heavy atom. The summed E-state index contributed by atoms with van der Waals surface area (Å²) in [5.74, 6) is 0.838. The third kappa shape index (κ3) is 0.0843. The van der Waals surface area contributed by atoms with E-state index < -0.39 is 0 Å². The summed E-state index contributed by atoms with van der Waals surface area (Å²) in [6.07, 6.45) is 1.58. The second kappa shape index (κ2) is 0.448. The minimum atomic E-state index is 0.630. The van der Waals surface area contributed by atoms with Crippen molar-refractivity contribution in [2.45, 2.75) is 0 Å². The quantitative estimate of drug-likeness (QED) is 0.509. The Kier molecular flexibility index (Phi) is 0.166. The molecule has 0 saturated carbocycles. The average Bonchev–Trinajstić information content (AvgIpc) is 1.72. The normalized spacial score (nSPS) is 12.7. The first-order valence-corrected chi connectivity index (χ1v) is 1.68. The lowest BCUT2D eigenvalue weighted by Gasteiger charge is -1.96. The zero-order chi connectivity index (χ0) is 3.98. The highest BCUT2D eigenvalue weighted by atomic mass is 16.4. The van der Waals surface area contributed by atoms with Crippen molar-refractivity contribution in [2.75, 3.05) is 5.32 Å². The zero-order valence-corrected chi connectivity index (χ0v) is 2.93. The van der Waals surface area contributed by atoms with Crippen LogP contribution in [0.5, 0.6) is 0 Å². The van der Waals surface area contributed by atoms with E-state index in [1.54, 1.807) is 6.26 Å². The average molecular weight is 82.1 g/mol. The first-order valence-electron chi connectivity index (χ1n) is 1.68. The number of nitrogens with one attached hydrogen (secondary N) is 1. The molecule has 1 aromatic heterocycles. The SMILES string of the molecule is c1oc2nc1N2. The van der Waals surface area contributed by atoms with Crippen molar-refractivity contribution < 1.29 is 4.42 Å². The van der Waals surface area contributed by atoms with Gasteiger partial charge in [0.25, 0.3) is 0 Å². The van der Waals surface area contributed by atoms with Crippen molar-refractivity contribution in [2.24, 2.45) is 0 Å². The molecule has 0 unspecified atom stereocenters. The van der Waals surface area contributed by atoms with Gasteiger partial charge in [0.05, 0.1) is 0 Å². The van der Waals surface area contributed by atoms with E-state index in [2.05, 4.69) is 10.3 Å². The van der Waals surface area contributed by atoms with E-state index in [0.717, 1.165) is 5.82 Å². The molecular formula is C3H2N2O. The molecule has 1 aromatic rings. The van der Waals surface area contributed by atoms with E-state index >= 15 is 0 Å². The molecule has 30 valence electrons. The fourth-order valence-corrected chi connectivity index (χ4v) is 0.445. The highest BCUT2D eigenvalue weighted by molar-refractivity contribution is 5.56. The second-order valence-corrected chi connectivity index (χ2v) is 1.16. The molecule has 0 amide bonds. The first kappa shape index (κ1) is 2.23. The van der Waals surface area contributed by atoms with Gasteiger partial charge in [0.15, 0.2) is 5.82 Å². The monoisotopic (exact) mass is 82.0 g/mol. The van der Waals surface area contributed by atoms with Crippen LogP contribution in [-0.4, -0.2) is 4.98 Å². The lowest BCUT2D eigenvalue weighted by atomic mass is 10.7. The maximum atomic E-state index is 4.70. The largest absolute Gasteiger partial charge is 0.430 e. The van der Waals surface area contributed by atoms with Crippen LogP contribution < -0.4 is 5.32 Å².